The van der Waals surface area contributed by atoms with Crippen LogP contribution in [0.3, 0.4) is 0 Å². The molecule has 0 aromatic rings. The Morgan fingerprint density at radius 1 is 1.55 bits per heavy atom. The van der Waals surface area contributed by atoms with Gasteiger partial charge in [-0.25, -0.2) is 0 Å². The topological polar surface area (TPSA) is 67.8 Å². The van der Waals surface area contributed by atoms with Gasteiger partial charge in [-0.05, 0) is 30.3 Å². The molecule has 0 saturated heterocycles. The molecule has 5 nitrogen and oxygen atoms in total. The van der Waals surface area contributed by atoms with Crippen molar-refractivity contribution in [3.8, 4) is 12.3 Å². The summed E-state index contributed by atoms with van der Waals surface area (Å²) in [4.78, 5) is 12.1. The molecule has 124 valence electrons. The molecule has 1 aliphatic rings. The molecule has 2 atom stereocenters. The summed E-state index contributed by atoms with van der Waals surface area (Å²) in [5.74, 6) is 2.51. The summed E-state index contributed by atoms with van der Waals surface area (Å²) in [6, 6.07) is 0. The predicted molar refractivity (Wildman–Crippen MR) is 84.6 cm³/mol. The number of carbonyl (C=O) groups excluding carboxylic acids is 1. The Morgan fingerprint density at radius 3 is 2.86 bits per heavy atom. The van der Waals surface area contributed by atoms with E-state index >= 15 is 0 Å². The summed E-state index contributed by atoms with van der Waals surface area (Å²) in [5, 5.41) is 11.4. The Balaban J connectivity index is 2.70. The monoisotopic (exact) mass is 309 g/mol. The molecule has 0 fully saturated rings. The average molecular weight is 309 g/mol. The van der Waals surface area contributed by atoms with Crippen molar-refractivity contribution in [3.63, 3.8) is 0 Å². The summed E-state index contributed by atoms with van der Waals surface area (Å²) in [6.07, 6.45) is 8.73. The van der Waals surface area contributed by atoms with Crippen LogP contribution in [0.4, 0.5) is 0 Å². The Hall–Kier alpha value is -1.51. The van der Waals surface area contributed by atoms with Gasteiger partial charge in [-0.15, -0.1) is 6.42 Å². The lowest BCUT2D eigenvalue weighted by Gasteiger charge is -2.35. The minimum absolute atomic E-state index is 0.00807. The van der Waals surface area contributed by atoms with Crippen molar-refractivity contribution in [1.29, 1.82) is 0 Å². The van der Waals surface area contributed by atoms with Crippen molar-refractivity contribution < 1.29 is 19.4 Å². The van der Waals surface area contributed by atoms with Gasteiger partial charge in [-0.3, -0.25) is 4.79 Å². The van der Waals surface area contributed by atoms with E-state index in [9.17, 15) is 4.79 Å². The highest BCUT2D eigenvalue weighted by Crippen LogP contribution is 2.36. The van der Waals surface area contributed by atoms with Crippen LogP contribution in [0.5, 0.6) is 0 Å². The van der Waals surface area contributed by atoms with Crippen LogP contribution in [0.15, 0.2) is 11.8 Å². The van der Waals surface area contributed by atoms with Gasteiger partial charge < -0.3 is 19.9 Å². The second kappa shape index (κ2) is 8.82. The second-order valence-corrected chi connectivity index (χ2v) is 6.47. The molecule has 1 aliphatic heterocycles. The van der Waals surface area contributed by atoms with Crippen LogP contribution in [0, 0.1) is 23.7 Å². The van der Waals surface area contributed by atoms with Crippen molar-refractivity contribution in [2.24, 2.45) is 11.3 Å². The van der Waals surface area contributed by atoms with E-state index in [1.807, 2.05) is 6.08 Å². The van der Waals surface area contributed by atoms with E-state index in [-0.39, 0.29) is 36.2 Å². The van der Waals surface area contributed by atoms with Crippen LogP contribution < -0.4 is 5.32 Å². The van der Waals surface area contributed by atoms with E-state index in [1.54, 1.807) is 0 Å². The fraction of sp³-hybridized carbons (Fsp3) is 0.706. The van der Waals surface area contributed by atoms with Gasteiger partial charge in [0.2, 0.25) is 6.29 Å². The fourth-order valence-corrected chi connectivity index (χ4v) is 2.17. The highest BCUT2D eigenvalue weighted by molar-refractivity contribution is 5.91. The summed E-state index contributed by atoms with van der Waals surface area (Å²) >= 11 is 0. The quantitative estimate of drug-likeness (QED) is 0.556. The normalized spacial score (nSPS) is 21.5. The van der Waals surface area contributed by atoms with Crippen molar-refractivity contribution in [1.82, 2.24) is 5.32 Å². The third-order valence-electron chi connectivity index (χ3n) is 3.60. The molecule has 0 radical (unpaired) electrons. The van der Waals surface area contributed by atoms with Crippen molar-refractivity contribution in [3.05, 3.63) is 11.8 Å². The lowest BCUT2D eigenvalue weighted by Crippen LogP contribution is -2.36. The first-order valence-corrected chi connectivity index (χ1v) is 7.71. The molecule has 0 bridgehead atoms. The van der Waals surface area contributed by atoms with Gasteiger partial charge in [-0.1, -0.05) is 26.7 Å². The highest BCUT2D eigenvalue weighted by Gasteiger charge is 2.33. The Morgan fingerprint density at radius 2 is 2.27 bits per heavy atom. The molecular formula is C17H27NO4. The number of aliphatic hydroxyl groups excluding tert-OH is 1. The summed E-state index contributed by atoms with van der Waals surface area (Å²) in [7, 11) is 0. The summed E-state index contributed by atoms with van der Waals surface area (Å²) < 4.78 is 11.3. The van der Waals surface area contributed by atoms with Crippen molar-refractivity contribution >= 4 is 5.91 Å². The maximum atomic E-state index is 12.1. The molecule has 22 heavy (non-hydrogen) atoms. The number of hydrogen-bond acceptors (Lipinski definition) is 4. The van der Waals surface area contributed by atoms with E-state index in [4.69, 9.17) is 21.0 Å². The van der Waals surface area contributed by atoms with Crippen LogP contribution in [0.2, 0.25) is 0 Å². The number of ether oxygens (including phenoxy) is 2. The van der Waals surface area contributed by atoms with Gasteiger partial charge in [-0.2, -0.15) is 0 Å². The fourth-order valence-electron chi connectivity index (χ4n) is 2.17. The first-order valence-electron chi connectivity index (χ1n) is 7.71. The number of allylic oxidation sites excluding steroid dienone is 1. The number of amides is 1. The van der Waals surface area contributed by atoms with E-state index in [0.29, 0.717) is 19.4 Å². The van der Waals surface area contributed by atoms with Gasteiger partial charge in [0, 0.05) is 13.0 Å². The second-order valence-electron chi connectivity index (χ2n) is 6.47. The zero-order valence-electron chi connectivity index (χ0n) is 13.7. The van der Waals surface area contributed by atoms with Gasteiger partial charge in [0.05, 0.1) is 13.2 Å². The number of aliphatic hydroxyl groups is 1. The number of nitrogens with one attached hydrogen (secondary N) is 1. The maximum Gasteiger partial charge on any atom is 0.286 e. The van der Waals surface area contributed by atoms with Crippen LogP contribution in [-0.2, 0) is 14.3 Å². The van der Waals surface area contributed by atoms with Crippen molar-refractivity contribution in [2.75, 3.05) is 19.8 Å². The van der Waals surface area contributed by atoms with E-state index in [1.165, 1.54) is 0 Å². The number of unbranched alkanes of at least 4 members (excludes halogenated alkanes) is 1. The van der Waals surface area contributed by atoms with Crippen LogP contribution >= 0.6 is 0 Å². The predicted octanol–water partition coefficient (Wildman–Crippen LogP) is 1.82. The van der Waals surface area contributed by atoms with E-state index in [2.05, 4.69) is 32.0 Å². The highest BCUT2D eigenvalue weighted by atomic mass is 16.7. The molecule has 1 heterocycles. The number of carbonyl (C=O) groups is 1. The largest absolute Gasteiger partial charge is 0.459 e. The number of hydrogen-bond donors (Lipinski definition) is 2. The summed E-state index contributed by atoms with van der Waals surface area (Å²) in [5.41, 5.74) is 0.00807. The summed E-state index contributed by atoms with van der Waals surface area (Å²) in [6.45, 7) is 7.19. The van der Waals surface area contributed by atoms with Crippen LogP contribution in [0.1, 0.15) is 40.0 Å². The van der Waals surface area contributed by atoms with E-state index in [0.717, 1.165) is 6.42 Å². The maximum absolute atomic E-state index is 12.1. The molecule has 0 unspecified atom stereocenters. The molecule has 0 aromatic carbocycles. The first-order chi connectivity index (χ1) is 10.4. The lowest BCUT2D eigenvalue weighted by molar-refractivity contribution is -0.153. The smallest absolute Gasteiger partial charge is 0.286 e. The molecule has 0 saturated carbocycles. The standard InChI is InChI=1S/C17H27NO4/c1-5-8-18-16(20)14-11-13(17(2,3)4)12-15(22-14)21-10-7-6-9-19/h1,11,13,15,19H,6-10,12H2,2-4H3,(H,18,20)/t13-,15+/m1/s1. The lowest BCUT2D eigenvalue weighted by atomic mass is 9.77. The Kier molecular flexibility index (Phi) is 7.43. The van der Waals surface area contributed by atoms with Gasteiger partial charge >= 0.3 is 0 Å². The van der Waals surface area contributed by atoms with Crippen LogP contribution in [-0.4, -0.2) is 37.1 Å². The molecular weight excluding hydrogens is 282 g/mol. The first kappa shape index (κ1) is 18.5. The Labute approximate surface area is 133 Å². The zero-order valence-corrected chi connectivity index (χ0v) is 13.7. The Bertz CT molecular complexity index is 431. The van der Waals surface area contributed by atoms with Gasteiger partial charge in [0.1, 0.15) is 0 Å². The van der Waals surface area contributed by atoms with Crippen molar-refractivity contribution in [2.45, 2.75) is 46.3 Å². The molecule has 1 rings (SSSR count). The molecule has 2 N–H and O–H groups in total. The molecule has 0 aliphatic carbocycles. The number of rotatable bonds is 7. The van der Waals surface area contributed by atoms with Gasteiger partial charge in [0.25, 0.3) is 5.91 Å². The molecule has 1 amide bonds. The zero-order chi connectivity index (χ0) is 16.6. The molecule has 0 spiro atoms. The third-order valence-corrected chi connectivity index (χ3v) is 3.60. The minimum atomic E-state index is -0.445. The van der Waals surface area contributed by atoms with Crippen LogP contribution in [0.25, 0.3) is 0 Å². The average Bonchev–Trinajstić information content (AvgIpc) is 2.48. The number of terminal acetylenes is 1. The third kappa shape index (κ3) is 6.08. The SMILES string of the molecule is C#CCNC(=O)C1=C[C@@H](C(C)(C)C)C[C@@H](OCCCCO)O1. The molecule has 5 heteroatoms. The molecule has 0 aromatic heterocycles. The minimum Gasteiger partial charge on any atom is -0.459 e. The van der Waals surface area contributed by atoms with Gasteiger partial charge in [0.15, 0.2) is 5.76 Å². The van der Waals surface area contributed by atoms with E-state index < -0.39 is 6.29 Å².